The minimum absolute atomic E-state index is 0.493. The molecule has 2 heterocycles. The Balaban J connectivity index is 1.96. The molecule has 0 aliphatic carbocycles. The smallest absolute Gasteiger partial charge is 0.128 e. The zero-order valence-electron chi connectivity index (χ0n) is 9.97. The van der Waals surface area contributed by atoms with Gasteiger partial charge in [0.2, 0.25) is 0 Å². The Labute approximate surface area is 106 Å². The third-order valence-corrected chi connectivity index (χ3v) is 3.60. The number of anilines is 1. The highest BCUT2D eigenvalue weighted by Crippen LogP contribution is 2.13. The van der Waals surface area contributed by atoms with E-state index in [1.165, 1.54) is 4.88 Å². The summed E-state index contributed by atoms with van der Waals surface area (Å²) in [5.41, 5.74) is 6.53. The highest BCUT2D eigenvalue weighted by molar-refractivity contribution is 7.09. The van der Waals surface area contributed by atoms with Crippen molar-refractivity contribution in [3.63, 3.8) is 0 Å². The van der Waals surface area contributed by atoms with Gasteiger partial charge in [-0.15, -0.1) is 11.3 Å². The van der Waals surface area contributed by atoms with Gasteiger partial charge in [-0.1, -0.05) is 12.1 Å². The second-order valence-electron chi connectivity index (χ2n) is 3.94. The van der Waals surface area contributed by atoms with E-state index in [2.05, 4.69) is 34.4 Å². The van der Waals surface area contributed by atoms with Crippen molar-refractivity contribution in [2.24, 2.45) is 5.73 Å². The molecule has 2 aromatic rings. The normalized spacial score (nSPS) is 10.5. The molecule has 0 aliphatic rings. The molecule has 0 aliphatic heterocycles. The maximum atomic E-state index is 5.59. The molecule has 0 fully saturated rings. The fourth-order valence-electron chi connectivity index (χ4n) is 1.64. The van der Waals surface area contributed by atoms with Crippen LogP contribution in [0.25, 0.3) is 0 Å². The van der Waals surface area contributed by atoms with Crippen molar-refractivity contribution < 1.29 is 0 Å². The summed E-state index contributed by atoms with van der Waals surface area (Å²) in [5.74, 6) is 0.990. The van der Waals surface area contributed by atoms with Crippen LogP contribution in [0.15, 0.2) is 35.7 Å². The SMILES string of the molecule is CN(CCc1cccs1)c1cccc(CN)n1. The van der Waals surface area contributed by atoms with Crippen molar-refractivity contribution in [3.8, 4) is 0 Å². The van der Waals surface area contributed by atoms with E-state index in [9.17, 15) is 0 Å². The molecule has 0 bridgehead atoms. The van der Waals surface area contributed by atoms with Crippen molar-refractivity contribution in [1.29, 1.82) is 0 Å². The molecule has 0 atom stereocenters. The standard InChI is InChI=1S/C13H17N3S/c1-16(8-7-12-5-3-9-17-12)13-6-2-4-11(10-14)15-13/h2-6,9H,7-8,10,14H2,1H3. The van der Waals surface area contributed by atoms with Gasteiger partial charge in [0.15, 0.2) is 0 Å². The molecular formula is C13H17N3S. The van der Waals surface area contributed by atoms with Crippen LogP contribution in [0, 0.1) is 0 Å². The predicted molar refractivity (Wildman–Crippen MR) is 73.4 cm³/mol. The highest BCUT2D eigenvalue weighted by Gasteiger charge is 2.03. The van der Waals surface area contributed by atoms with Crippen LogP contribution in [0.3, 0.4) is 0 Å². The highest BCUT2D eigenvalue weighted by atomic mass is 32.1. The Morgan fingerprint density at radius 3 is 2.88 bits per heavy atom. The number of hydrogen-bond donors (Lipinski definition) is 1. The van der Waals surface area contributed by atoms with E-state index >= 15 is 0 Å². The summed E-state index contributed by atoms with van der Waals surface area (Å²) >= 11 is 1.80. The Bertz CT molecular complexity index is 453. The van der Waals surface area contributed by atoms with Gasteiger partial charge in [-0.05, 0) is 30.0 Å². The average Bonchev–Trinajstić information content (AvgIpc) is 2.89. The molecule has 0 aromatic carbocycles. The molecule has 17 heavy (non-hydrogen) atoms. The summed E-state index contributed by atoms with van der Waals surface area (Å²) in [6.45, 7) is 1.47. The second kappa shape index (κ2) is 5.80. The number of likely N-dealkylation sites (N-methyl/N-ethyl adjacent to an activating group) is 1. The Kier molecular flexibility index (Phi) is 4.12. The Morgan fingerprint density at radius 2 is 2.18 bits per heavy atom. The Morgan fingerprint density at radius 1 is 1.29 bits per heavy atom. The van der Waals surface area contributed by atoms with Crippen LogP contribution >= 0.6 is 11.3 Å². The van der Waals surface area contributed by atoms with E-state index in [0.717, 1.165) is 24.5 Å². The maximum Gasteiger partial charge on any atom is 0.128 e. The van der Waals surface area contributed by atoms with E-state index in [1.54, 1.807) is 11.3 Å². The first-order chi connectivity index (χ1) is 8.29. The fraction of sp³-hybridized carbons (Fsp3) is 0.308. The molecule has 90 valence electrons. The molecule has 3 nitrogen and oxygen atoms in total. The summed E-state index contributed by atoms with van der Waals surface area (Å²) < 4.78 is 0. The van der Waals surface area contributed by atoms with E-state index in [-0.39, 0.29) is 0 Å². The Hall–Kier alpha value is -1.39. The number of hydrogen-bond acceptors (Lipinski definition) is 4. The quantitative estimate of drug-likeness (QED) is 0.881. The summed E-state index contributed by atoms with van der Waals surface area (Å²) in [5, 5.41) is 2.11. The first-order valence-electron chi connectivity index (χ1n) is 5.69. The summed E-state index contributed by atoms with van der Waals surface area (Å²) in [4.78, 5) is 8.07. The van der Waals surface area contributed by atoms with Crippen molar-refractivity contribution in [1.82, 2.24) is 4.98 Å². The van der Waals surface area contributed by atoms with Gasteiger partial charge in [0, 0.05) is 25.0 Å². The van der Waals surface area contributed by atoms with Crippen molar-refractivity contribution >= 4 is 17.2 Å². The van der Waals surface area contributed by atoms with Gasteiger partial charge < -0.3 is 10.6 Å². The fourth-order valence-corrected chi connectivity index (χ4v) is 2.34. The number of nitrogens with zero attached hydrogens (tertiary/aromatic N) is 2. The van der Waals surface area contributed by atoms with Crippen molar-refractivity contribution in [2.75, 3.05) is 18.5 Å². The molecule has 2 rings (SSSR count). The van der Waals surface area contributed by atoms with Crippen LogP contribution in [0.5, 0.6) is 0 Å². The predicted octanol–water partition coefficient (Wildman–Crippen LogP) is 2.28. The number of rotatable bonds is 5. The lowest BCUT2D eigenvalue weighted by Gasteiger charge is -2.18. The lowest BCUT2D eigenvalue weighted by atomic mass is 10.3. The first-order valence-corrected chi connectivity index (χ1v) is 6.57. The minimum Gasteiger partial charge on any atom is -0.359 e. The van der Waals surface area contributed by atoms with E-state index in [0.29, 0.717) is 6.54 Å². The summed E-state index contributed by atoms with van der Waals surface area (Å²) in [6, 6.07) is 10.2. The number of aromatic nitrogens is 1. The van der Waals surface area contributed by atoms with Gasteiger partial charge in [-0.3, -0.25) is 0 Å². The van der Waals surface area contributed by atoms with Gasteiger partial charge >= 0.3 is 0 Å². The molecule has 0 saturated heterocycles. The van der Waals surface area contributed by atoms with Crippen LogP contribution in [-0.4, -0.2) is 18.6 Å². The van der Waals surface area contributed by atoms with Crippen molar-refractivity contribution in [3.05, 3.63) is 46.3 Å². The molecular weight excluding hydrogens is 230 g/mol. The number of pyridine rings is 1. The molecule has 0 unspecified atom stereocenters. The summed E-state index contributed by atoms with van der Waals surface area (Å²) in [6.07, 6.45) is 1.06. The maximum absolute atomic E-state index is 5.59. The topological polar surface area (TPSA) is 42.1 Å². The van der Waals surface area contributed by atoms with Gasteiger partial charge in [-0.25, -0.2) is 4.98 Å². The van der Waals surface area contributed by atoms with Crippen molar-refractivity contribution in [2.45, 2.75) is 13.0 Å². The molecule has 0 saturated carbocycles. The zero-order chi connectivity index (χ0) is 12.1. The van der Waals surface area contributed by atoms with Crippen LogP contribution in [0.2, 0.25) is 0 Å². The molecule has 0 spiro atoms. The van der Waals surface area contributed by atoms with Gasteiger partial charge in [0.25, 0.3) is 0 Å². The molecule has 4 heteroatoms. The molecule has 2 N–H and O–H groups in total. The molecule has 2 aromatic heterocycles. The van der Waals surface area contributed by atoms with Gasteiger partial charge in [-0.2, -0.15) is 0 Å². The van der Waals surface area contributed by atoms with E-state index in [1.807, 2.05) is 18.2 Å². The van der Waals surface area contributed by atoms with Crippen LogP contribution in [0.1, 0.15) is 10.6 Å². The molecule has 0 radical (unpaired) electrons. The second-order valence-corrected chi connectivity index (χ2v) is 4.97. The van der Waals surface area contributed by atoms with Gasteiger partial charge in [0.05, 0.1) is 5.69 Å². The largest absolute Gasteiger partial charge is 0.359 e. The van der Waals surface area contributed by atoms with E-state index in [4.69, 9.17) is 5.73 Å². The third-order valence-electron chi connectivity index (χ3n) is 2.67. The minimum atomic E-state index is 0.493. The lowest BCUT2D eigenvalue weighted by Crippen LogP contribution is -2.21. The van der Waals surface area contributed by atoms with Crippen LogP contribution in [-0.2, 0) is 13.0 Å². The summed E-state index contributed by atoms with van der Waals surface area (Å²) in [7, 11) is 2.07. The number of thiophene rings is 1. The lowest BCUT2D eigenvalue weighted by molar-refractivity contribution is 0.856. The average molecular weight is 247 g/mol. The van der Waals surface area contributed by atoms with Crippen LogP contribution in [0.4, 0.5) is 5.82 Å². The van der Waals surface area contributed by atoms with E-state index < -0.39 is 0 Å². The van der Waals surface area contributed by atoms with Crippen LogP contribution < -0.4 is 10.6 Å². The van der Waals surface area contributed by atoms with Gasteiger partial charge in [0.1, 0.15) is 5.82 Å². The molecule has 0 amide bonds. The monoisotopic (exact) mass is 247 g/mol. The zero-order valence-corrected chi connectivity index (χ0v) is 10.8. The third kappa shape index (κ3) is 3.28. The first kappa shape index (κ1) is 12.1. The number of nitrogens with two attached hydrogens (primary N) is 1.